The van der Waals surface area contributed by atoms with Crippen LogP contribution in [0.4, 0.5) is 5.82 Å². The first kappa shape index (κ1) is 13.5. The number of imidazole rings is 1. The lowest BCUT2D eigenvalue weighted by atomic mass is 10.2. The second-order valence-corrected chi connectivity index (χ2v) is 5.54. The molecule has 0 unspecified atom stereocenters. The third-order valence-corrected chi connectivity index (χ3v) is 3.75. The number of hydrogen-bond acceptors (Lipinski definition) is 4. The number of nitrogens with zero attached hydrogens (tertiary/aromatic N) is 3. The topological polar surface area (TPSA) is 112 Å². The summed E-state index contributed by atoms with van der Waals surface area (Å²) in [6, 6.07) is 5.06. The lowest BCUT2D eigenvalue weighted by Gasteiger charge is -1.97. The molecule has 1 aliphatic rings. The van der Waals surface area contributed by atoms with Crippen molar-refractivity contribution < 1.29 is 14.7 Å². The summed E-state index contributed by atoms with van der Waals surface area (Å²) in [5.74, 6) is -0.425. The molecule has 3 aromatic rings. The summed E-state index contributed by atoms with van der Waals surface area (Å²) in [6.45, 7) is 0. The lowest BCUT2D eigenvalue weighted by Crippen LogP contribution is -2.13. The smallest absolute Gasteiger partial charge is 0.353 e. The highest BCUT2D eigenvalue weighted by molar-refractivity contribution is 5.93. The van der Waals surface area contributed by atoms with E-state index in [1.54, 1.807) is 28.9 Å². The second-order valence-electron chi connectivity index (χ2n) is 5.54. The molecule has 23 heavy (non-hydrogen) atoms. The largest absolute Gasteiger partial charge is 0.477 e. The first-order valence-corrected chi connectivity index (χ1v) is 7.19. The van der Waals surface area contributed by atoms with Crippen molar-refractivity contribution in [3.63, 3.8) is 0 Å². The Labute approximate surface area is 130 Å². The number of carbonyl (C=O) groups excluding carboxylic acids is 1. The predicted octanol–water partition coefficient (Wildman–Crippen LogP) is 1.77. The molecule has 0 aliphatic heterocycles. The molecule has 1 fully saturated rings. The fourth-order valence-electron chi connectivity index (χ4n) is 2.36. The highest BCUT2D eigenvalue weighted by atomic mass is 16.4. The minimum atomic E-state index is -1.06. The van der Waals surface area contributed by atoms with Crippen molar-refractivity contribution in [1.29, 1.82) is 0 Å². The Morgan fingerprint density at radius 1 is 1.30 bits per heavy atom. The standard InChI is InChI=1S/C15H13N5O3/c21-14(8-1-2-8)17-12-7-20-6-9(3-4-13(20)16-12)10-5-11(15(22)23)19-18-10/h3-8H,1-2H2,(H,17,21)(H,18,19)(H,22,23). The second kappa shape index (κ2) is 4.94. The van der Waals surface area contributed by atoms with Crippen LogP contribution >= 0.6 is 0 Å². The lowest BCUT2D eigenvalue weighted by molar-refractivity contribution is -0.117. The van der Waals surface area contributed by atoms with Crippen LogP contribution in [-0.4, -0.2) is 36.6 Å². The number of aromatic nitrogens is 4. The van der Waals surface area contributed by atoms with Crippen LogP contribution < -0.4 is 5.32 Å². The Bertz CT molecular complexity index is 922. The first-order chi connectivity index (χ1) is 11.1. The summed E-state index contributed by atoms with van der Waals surface area (Å²) in [4.78, 5) is 27.0. The maximum atomic E-state index is 11.8. The van der Waals surface area contributed by atoms with Crippen LogP contribution in [0.25, 0.3) is 16.9 Å². The highest BCUT2D eigenvalue weighted by Crippen LogP contribution is 2.30. The molecular weight excluding hydrogens is 298 g/mol. The average molecular weight is 311 g/mol. The molecule has 0 atom stereocenters. The molecular formula is C15H13N5O3. The zero-order valence-electron chi connectivity index (χ0n) is 12.0. The monoisotopic (exact) mass is 311 g/mol. The molecule has 0 aromatic carbocycles. The summed E-state index contributed by atoms with van der Waals surface area (Å²) in [7, 11) is 0. The molecule has 0 bridgehead atoms. The van der Waals surface area contributed by atoms with Crippen molar-refractivity contribution in [2.24, 2.45) is 5.92 Å². The molecule has 4 rings (SSSR count). The highest BCUT2D eigenvalue weighted by Gasteiger charge is 2.30. The average Bonchev–Trinajstić information content (AvgIpc) is 3.11. The van der Waals surface area contributed by atoms with E-state index in [2.05, 4.69) is 20.5 Å². The van der Waals surface area contributed by atoms with Crippen LogP contribution in [0.5, 0.6) is 0 Å². The minimum Gasteiger partial charge on any atom is -0.477 e. The van der Waals surface area contributed by atoms with Gasteiger partial charge in [0.25, 0.3) is 0 Å². The van der Waals surface area contributed by atoms with Gasteiger partial charge in [0, 0.05) is 17.7 Å². The molecule has 3 aromatic heterocycles. The van der Waals surface area contributed by atoms with E-state index in [1.165, 1.54) is 6.07 Å². The van der Waals surface area contributed by atoms with Crippen molar-refractivity contribution >= 4 is 23.3 Å². The number of nitrogens with one attached hydrogen (secondary N) is 2. The first-order valence-electron chi connectivity index (χ1n) is 7.19. The van der Waals surface area contributed by atoms with E-state index < -0.39 is 5.97 Å². The van der Waals surface area contributed by atoms with Crippen LogP contribution in [0, 0.1) is 5.92 Å². The molecule has 8 nitrogen and oxygen atoms in total. The molecule has 0 spiro atoms. The Morgan fingerprint density at radius 2 is 2.13 bits per heavy atom. The number of fused-ring (bicyclic) bond motifs is 1. The van der Waals surface area contributed by atoms with Crippen LogP contribution in [0.15, 0.2) is 30.6 Å². The van der Waals surface area contributed by atoms with Gasteiger partial charge in [-0.1, -0.05) is 0 Å². The normalized spacial score (nSPS) is 14.1. The number of carboxylic acid groups (broad SMARTS) is 1. The minimum absolute atomic E-state index is 0.00651. The third kappa shape index (κ3) is 2.54. The van der Waals surface area contributed by atoms with E-state index in [0.29, 0.717) is 17.2 Å². The van der Waals surface area contributed by atoms with Gasteiger partial charge in [-0.15, -0.1) is 0 Å². The van der Waals surface area contributed by atoms with Crippen LogP contribution in [-0.2, 0) is 4.79 Å². The van der Waals surface area contributed by atoms with Crippen LogP contribution in [0.3, 0.4) is 0 Å². The van der Waals surface area contributed by atoms with Crippen molar-refractivity contribution in [1.82, 2.24) is 19.6 Å². The van der Waals surface area contributed by atoms with E-state index in [4.69, 9.17) is 5.11 Å². The summed E-state index contributed by atoms with van der Waals surface area (Å²) in [5.41, 5.74) is 2.00. The number of hydrogen-bond donors (Lipinski definition) is 3. The van der Waals surface area contributed by atoms with Gasteiger partial charge < -0.3 is 14.8 Å². The summed E-state index contributed by atoms with van der Waals surface area (Å²) in [6.07, 6.45) is 5.39. The molecule has 1 saturated carbocycles. The van der Waals surface area contributed by atoms with Gasteiger partial charge in [0.1, 0.15) is 11.3 Å². The van der Waals surface area contributed by atoms with Crippen LogP contribution in [0.2, 0.25) is 0 Å². The van der Waals surface area contributed by atoms with Crippen molar-refractivity contribution in [3.8, 4) is 11.3 Å². The zero-order valence-corrected chi connectivity index (χ0v) is 12.0. The maximum Gasteiger partial charge on any atom is 0.353 e. The molecule has 116 valence electrons. The molecule has 3 heterocycles. The number of H-pyrrole nitrogens is 1. The van der Waals surface area contributed by atoms with E-state index in [-0.39, 0.29) is 17.5 Å². The number of anilines is 1. The Morgan fingerprint density at radius 3 is 2.83 bits per heavy atom. The van der Waals surface area contributed by atoms with Gasteiger partial charge in [0.2, 0.25) is 5.91 Å². The van der Waals surface area contributed by atoms with Gasteiger partial charge >= 0.3 is 5.97 Å². The van der Waals surface area contributed by atoms with E-state index in [9.17, 15) is 9.59 Å². The Kier molecular flexibility index (Phi) is 2.90. The SMILES string of the molecule is O=C(O)c1cc(-c2ccc3nc(NC(=O)C4CC4)cn3c2)n[nH]1. The van der Waals surface area contributed by atoms with Gasteiger partial charge in [-0.25, -0.2) is 9.78 Å². The van der Waals surface area contributed by atoms with Crippen molar-refractivity contribution in [2.45, 2.75) is 12.8 Å². The molecule has 0 radical (unpaired) electrons. The molecule has 3 N–H and O–H groups in total. The summed E-state index contributed by atoms with van der Waals surface area (Å²) < 4.78 is 1.77. The number of pyridine rings is 1. The Hall–Kier alpha value is -3.16. The van der Waals surface area contributed by atoms with Gasteiger partial charge in [-0.3, -0.25) is 9.89 Å². The van der Waals surface area contributed by atoms with E-state index in [0.717, 1.165) is 18.4 Å². The quantitative estimate of drug-likeness (QED) is 0.679. The molecule has 1 amide bonds. The maximum absolute atomic E-state index is 11.8. The summed E-state index contributed by atoms with van der Waals surface area (Å²) >= 11 is 0. The fraction of sp³-hybridized carbons (Fsp3) is 0.200. The molecule has 1 aliphatic carbocycles. The number of aromatic amines is 1. The van der Waals surface area contributed by atoms with Gasteiger partial charge in [-0.2, -0.15) is 5.10 Å². The van der Waals surface area contributed by atoms with E-state index in [1.807, 2.05) is 0 Å². The van der Waals surface area contributed by atoms with Crippen molar-refractivity contribution in [2.75, 3.05) is 5.32 Å². The predicted molar refractivity (Wildman–Crippen MR) is 81.1 cm³/mol. The Balaban J connectivity index is 1.64. The third-order valence-electron chi connectivity index (χ3n) is 3.75. The molecule has 8 heteroatoms. The zero-order chi connectivity index (χ0) is 16.0. The number of aromatic carboxylic acids is 1. The van der Waals surface area contributed by atoms with Gasteiger partial charge in [-0.05, 0) is 31.0 Å². The number of carbonyl (C=O) groups is 2. The summed E-state index contributed by atoms with van der Waals surface area (Å²) in [5, 5.41) is 18.2. The van der Waals surface area contributed by atoms with Gasteiger partial charge in [0.15, 0.2) is 5.82 Å². The number of carboxylic acids is 1. The number of rotatable bonds is 4. The van der Waals surface area contributed by atoms with Crippen LogP contribution in [0.1, 0.15) is 23.3 Å². The van der Waals surface area contributed by atoms with E-state index >= 15 is 0 Å². The fourth-order valence-corrected chi connectivity index (χ4v) is 2.36. The van der Waals surface area contributed by atoms with Gasteiger partial charge in [0.05, 0.1) is 11.9 Å². The van der Waals surface area contributed by atoms with Crippen molar-refractivity contribution in [3.05, 3.63) is 36.3 Å². The molecule has 0 saturated heterocycles. The number of amides is 1.